The van der Waals surface area contributed by atoms with Crippen LogP contribution in [0.3, 0.4) is 0 Å². The number of benzene rings is 1. The Morgan fingerprint density at radius 2 is 2.00 bits per heavy atom. The minimum absolute atomic E-state index is 0.000925. The third kappa shape index (κ3) is 5.87. The zero-order valence-electron chi connectivity index (χ0n) is 14.2. The molecule has 4 nitrogen and oxygen atoms in total. The number of rotatable bonds is 9. The molecular weight excluding hydrogens is 290 g/mol. The number of hydrogen-bond acceptors (Lipinski definition) is 4. The lowest BCUT2D eigenvalue weighted by atomic mass is 10.0. The Morgan fingerprint density at radius 1 is 1.22 bits per heavy atom. The van der Waals surface area contributed by atoms with Crippen molar-refractivity contribution in [3.05, 3.63) is 23.8 Å². The molecular formula is C19H29NO3. The first-order valence-corrected chi connectivity index (χ1v) is 8.92. The Kier molecular flexibility index (Phi) is 7.40. The van der Waals surface area contributed by atoms with Crippen LogP contribution < -0.4 is 4.74 Å². The molecule has 1 heterocycles. The van der Waals surface area contributed by atoms with Crippen LogP contribution in [0.25, 0.3) is 0 Å². The number of likely N-dealkylation sites (tertiary alicyclic amines) is 1. The largest absolute Gasteiger partial charge is 0.507 e. The lowest BCUT2D eigenvalue weighted by Crippen LogP contribution is -2.31. The maximum Gasteiger partial charge on any atom is 0.166 e. The van der Waals surface area contributed by atoms with Crippen LogP contribution in [0.1, 0.15) is 62.2 Å². The Balaban J connectivity index is 1.75. The molecule has 0 aromatic heterocycles. The molecule has 1 saturated heterocycles. The number of carbonyl (C=O) groups is 1. The van der Waals surface area contributed by atoms with Crippen LogP contribution in [0.4, 0.5) is 0 Å². The average Bonchev–Trinajstić information content (AvgIpc) is 2.57. The summed E-state index contributed by atoms with van der Waals surface area (Å²) in [5, 5.41) is 10.0. The molecule has 0 aliphatic carbocycles. The van der Waals surface area contributed by atoms with Gasteiger partial charge in [0.15, 0.2) is 5.78 Å². The number of nitrogens with zero attached hydrogens (tertiary/aromatic N) is 1. The van der Waals surface area contributed by atoms with E-state index in [1.54, 1.807) is 18.2 Å². The number of Topliss-reactive ketones (excluding diaryl/α,β-unsaturated/α-hetero) is 1. The maximum absolute atomic E-state index is 12.0. The molecule has 0 bridgehead atoms. The van der Waals surface area contributed by atoms with E-state index in [9.17, 15) is 9.90 Å². The van der Waals surface area contributed by atoms with E-state index in [1.165, 1.54) is 32.4 Å². The van der Waals surface area contributed by atoms with Gasteiger partial charge in [0.05, 0.1) is 12.2 Å². The van der Waals surface area contributed by atoms with Crippen molar-refractivity contribution in [2.45, 2.75) is 51.9 Å². The monoisotopic (exact) mass is 319 g/mol. The predicted molar refractivity (Wildman–Crippen MR) is 92.4 cm³/mol. The quantitative estimate of drug-likeness (QED) is 0.552. The molecule has 1 aliphatic heterocycles. The van der Waals surface area contributed by atoms with E-state index in [0.717, 1.165) is 25.8 Å². The van der Waals surface area contributed by atoms with Gasteiger partial charge >= 0.3 is 0 Å². The van der Waals surface area contributed by atoms with Crippen molar-refractivity contribution in [1.29, 1.82) is 0 Å². The Morgan fingerprint density at radius 3 is 2.70 bits per heavy atom. The van der Waals surface area contributed by atoms with Crippen molar-refractivity contribution in [1.82, 2.24) is 4.90 Å². The number of aromatic hydroxyl groups is 1. The van der Waals surface area contributed by atoms with E-state index in [4.69, 9.17) is 4.74 Å². The first kappa shape index (κ1) is 17.8. The highest BCUT2D eigenvalue weighted by Crippen LogP contribution is 2.25. The lowest BCUT2D eigenvalue weighted by molar-refractivity contribution is 0.0977. The van der Waals surface area contributed by atoms with Crippen molar-refractivity contribution in [2.75, 3.05) is 26.2 Å². The smallest absolute Gasteiger partial charge is 0.166 e. The molecule has 0 amide bonds. The van der Waals surface area contributed by atoms with Gasteiger partial charge in [0.25, 0.3) is 0 Å². The maximum atomic E-state index is 12.0. The third-order valence-electron chi connectivity index (χ3n) is 4.36. The van der Waals surface area contributed by atoms with E-state index >= 15 is 0 Å². The molecule has 1 aromatic carbocycles. The highest BCUT2D eigenvalue weighted by atomic mass is 16.5. The van der Waals surface area contributed by atoms with Crippen molar-refractivity contribution in [3.63, 3.8) is 0 Å². The van der Waals surface area contributed by atoms with Crippen LogP contribution in [0, 0.1) is 0 Å². The van der Waals surface area contributed by atoms with Crippen LogP contribution in [0.2, 0.25) is 0 Å². The highest BCUT2D eigenvalue weighted by Gasteiger charge is 2.12. The van der Waals surface area contributed by atoms with E-state index in [-0.39, 0.29) is 11.5 Å². The molecule has 1 aliphatic rings. The van der Waals surface area contributed by atoms with Gasteiger partial charge in [-0.25, -0.2) is 0 Å². The van der Waals surface area contributed by atoms with Gasteiger partial charge in [0.2, 0.25) is 0 Å². The molecule has 0 atom stereocenters. The molecule has 0 radical (unpaired) electrons. The number of ketones is 1. The third-order valence-corrected chi connectivity index (χ3v) is 4.36. The number of piperidine rings is 1. The molecule has 0 spiro atoms. The molecule has 4 heteroatoms. The number of phenols is 1. The van der Waals surface area contributed by atoms with Gasteiger partial charge in [-0.2, -0.15) is 0 Å². The molecule has 1 fully saturated rings. The molecule has 1 aromatic rings. The van der Waals surface area contributed by atoms with Crippen molar-refractivity contribution < 1.29 is 14.6 Å². The standard InChI is InChI=1S/C19H29NO3/c1-2-3-8-18(21)17-10-9-16(15-19(17)22)23-14-7-13-20-11-5-4-6-12-20/h9-10,15,22H,2-8,11-14H2,1H3. The summed E-state index contributed by atoms with van der Waals surface area (Å²) in [6, 6.07) is 5.01. The van der Waals surface area contributed by atoms with Gasteiger partial charge in [-0.05, 0) is 50.9 Å². The molecule has 128 valence electrons. The van der Waals surface area contributed by atoms with Crippen LogP contribution in [-0.2, 0) is 0 Å². The second-order valence-corrected chi connectivity index (χ2v) is 6.31. The van der Waals surface area contributed by atoms with Crippen molar-refractivity contribution in [3.8, 4) is 11.5 Å². The van der Waals surface area contributed by atoms with Gasteiger partial charge in [0, 0.05) is 19.0 Å². The number of phenolic OH excluding ortho intramolecular Hbond substituents is 1. The number of hydrogen-bond donors (Lipinski definition) is 1. The predicted octanol–water partition coefficient (Wildman–Crippen LogP) is 4.02. The van der Waals surface area contributed by atoms with E-state index in [0.29, 0.717) is 24.3 Å². The minimum atomic E-state index is 0.000925. The molecule has 0 unspecified atom stereocenters. The summed E-state index contributed by atoms with van der Waals surface area (Å²) in [6.45, 7) is 6.16. The SMILES string of the molecule is CCCCC(=O)c1ccc(OCCCN2CCCCC2)cc1O. The second kappa shape index (κ2) is 9.56. The topological polar surface area (TPSA) is 49.8 Å². The summed E-state index contributed by atoms with van der Waals surface area (Å²) in [6.07, 6.45) is 7.27. The summed E-state index contributed by atoms with van der Waals surface area (Å²) in [5.41, 5.74) is 0.402. The minimum Gasteiger partial charge on any atom is -0.507 e. The van der Waals surface area contributed by atoms with Crippen LogP contribution in [-0.4, -0.2) is 42.0 Å². The first-order chi connectivity index (χ1) is 11.2. The zero-order valence-corrected chi connectivity index (χ0v) is 14.2. The summed E-state index contributed by atoms with van der Waals surface area (Å²) >= 11 is 0. The van der Waals surface area contributed by atoms with Crippen LogP contribution >= 0.6 is 0 Å². The van der Waals surface area contributed by atoms with Crippen molar-refractivity contribution in [2.24, 2.45) is 0 Å². The van der Waals surface area contributed by atoms with Crippen LogP contribution in [0.15, 0.2) is 18.2 Å². The van der Waals surface area contributed by atoms with E-state index in [2.05, 4.69) is 4.90 Å². The number of unbranched alkanes of at least 4 members (excludes halogenated alkanes) is 1. The summed E-state index contributed by atoms with van der Waals surface area (Å²) in [5.74, 6) is 0.661. The normalized spacial score (nSPS) is 15.5. The first-order valence-electron chi connectivity index (χ1n) is 8.92. The highest BCUT2D eigenvalue weighted by molar-refractivity contribution is 5.98. The Labute approximate surface area is 139 Å². The van der Waals surface area contributed by atoms with E-state index in [1.807, 2.05) is 6.92 Å². The average molecular weight is 319 g/mol. The van der Waals surface area contributed by atoms with E-state index < -0.39 is 0 Å². The summed E-state index contributed by atoms with van der Waals surface area (Å²) in [7, 11) is 0. The fourth-order valence-corrected chi connectivity index (χ4v) is 2.97. The van der Waals surface area contributed by atoms with Gasteiger partial charge in [-0.15, -0.1) is 0 Å². The fourth-order valence-electron chi connectivity index (χ4n) is 2.97. The molecule has 0 saturated carbocycles. The second-order valence-electron chi connectivity index (χ2n) is 6.31. The fraction of sp³-hybridized carbons (Fsp3) is 0.632. The van der Waals surface area contributed by atoms with Gasteiger partial charge in [-0.1, -0.05) is 19.8 Å². The zero-order chi connectivity index (χ0) is 16.5. The molecule has 2 rings (SSSR count). The Hall–Kier alpha value is -1.55. The molecule has 1 N–H and O–H groups in total. The summed E-state index contributed by atoms with van der Waals surface area (Å²) < 4.78 is 5.70. The summed E-state index contributed by atoms with van der Waals surface area (Å²) in [4.78, 5) is 14.5. The number of carbonyl (C=O) groups excluding carboxylic acids is 1. The Bertz CT molecular complexity index is 495. The van der Waals surface area contributed by atoms with Crippen LogP contribution in [0.5, 0.6) is 11.5 Å². The lowest BCUT2D eigenvalue weighted by Gasteiger charge is -2.26. The van der Waals surface area contributed by atoms with Gasteiger partial charge < -0.3 is 14.7 Å². The van der Waals surface area contributed by atoms with Gasteiger partial charge in [-0.3, -0.25) is 4.79 Å². The number of ether oxygens (including phenoxy) is 1. The molecule has 23 heavy (non-hydrogen) atoms. The van der Waals surface area contributed by atoms with Crippen molar-refractivity contribution >= 4 is 5.78 Å². The van der Waals surface area contributed by atoms with Gasteiger partial charge in [0.1, 0.15) is 11.5 Å².